The van der Waals surface area contributed by atoms with Gasteiger partial charge in [-0.1, -0.05) is 19.9 Å². The molecular formula is C12H19NO. The predicted molar refractivity (Wildman–Crippen MR) is 58.1 cm³/mol. The van der Waals surface area contributed by atoms with E-state index in [1.165, 1.54) is 0 Å². The average Bonchev–Trinajstić information content (AvgIpc) is 2.08. The van der Waals surface area contributed by atoms with Gasteiger partial charge in [0.1, 0.15) is 5.60 Å². The Hall–Kier alpha value is -0.890. The normalized spacial score (nSPS) is 15.6. The monoisotopic (exact) mass is 193 g/mol. The fraction of sp³-hybridized carbons (Fsp3) is 0.583. The standard InChI is InChI=1S/C12H19NO/c1-8(2)12(5,14)11-9(3)6-7-10(4)13-11/h6-8,14H,1-5H3. The number of nitrogens with zero attached hydrogens (tertiary/aromatic N) is 1. The second-order valence-electron chi connectivity index (χ2n) is 4.42. The van der Waals surface area contributed by atoms with Crippen LogP contribution in [0.2, 0.25) is 0 Å². The molecule has 1 unspecified atom stereocenters. The molecule has 0 saturated heterocycles. The minimum Gasteiger partial charge on any atom is -0.384 e. The van der Waals surface area contributed by atoms with Gasteiger partial charge in [0, 0.05) is 5.69 Å². The molecule has 1 aromatic rings. The van der Waals surface area contributed by atoms with Crippen molar-refractivity contribution >= 4 is 0 Å². The summed E-state index contributed by atoms with van der Waals surface area (Å²) in [5.74, 6) is 0.162. The van der Waals surface area contributed by atoms with Crippen LogP contribution in [-0.2, 0) is 5.60 Å². The molecule has 2 nitrogen and oxygen atoms in total. The van der Waals surface area contributed by atoms with Gasteiger partial charge < -0.3 is 5.11 Å². The first kappa shape index (κ1) is 11.2. The molecule has 0 bridgehead atoms. The second kappa shape index (κ2) is 3.70. The Labute approximate surface area is 86.0 Å². The van der Waals surface area contributed by atoms with E-state index >= 15 is 0 Å². The van der Waals surface area contributed by atoms with Crippen molar-refractivity contribution in [3.63, 3.8) is 0 Å². The van der Waals surface area contributed by atoms with Gasteiger partial charge in [0.25, 0.3) is 0 Å². The molecule has 1 atom stereocenters. The number of aliphatic hydroxyl groups is 1. The molecular weight excluding hydrogens is 174 g/mol. The number of pyridine rings is 1. The van der Waals surface area contributed by atoms with E-state index in [1.807, 2.05) is 46.8 Å². The highest BCUT2D eigenvalue weighted by atomic mass is 16.3. The lowest BCUT2D eigenvalue weighted by atomic mass is 9.86. The van der Waals surface area contributed by atoms with Crippen LogP contribution in [0, 0.1) is 19.8 Å². The summed E-state index contributed by atoms with van der Waals surface area (Å²) in [4.78, 5) is 4.42. The molecule has 14 heavy (non-hydrogen) atoms. The highest BCUT2D eigenvalue weighted by Crippen LogP contribution is 2.29. The van der Waals surface area contributed by atoms with Crippen LogP contribution in [0.5, 0.6) is 0 Å². The Kier molecular flexibility index (Phi) is 2.95. The first-order chi connectivity index (χ1) is 6.35. The smallest absolute Gasteiger partial charge is 0.106 e. The van der Waals surface area contributed by atoms with Crippen molar-refractivity contribution in [2.75, 3.05) is 0 Å². The SMILES string of the molecule is Cc1ccc(C)c(C(C)(O)C(C)C)n1. The molecule has 1 aromatic heterocycles. The van der Waals surface area contributed by atoms with Gasteiger partial charge in [-0.25, -0.2) is 0 Å². The van der Waals surface area contributed by atoms with Gasteiger partial charge in [-0.05, 0) is 38.3 Å². The van der Waals surface area contributed by atoms with E-state index in [0.29, 0.717) is 0 Å². The fourth-order valence-electron chi connectivity index (χ4n) is 1.41. The molecule has 0 spiro atoms. The third-order valence-electron chi connectivity index (χ3n) is 2.84. The summed E-state index contributed by atoms with van der Waals surface area (Å²) >= 11 is 0. The summed E-state index contributed by atoms with van der Waals surface area (Å²) in [6.07, 6.45) is 0. The summed E-state index contributed by atoms with van der Waals surface area (Å²) in [6.45, 7) is 9.76. The van der Waals surface area contributed by atoms with E-state index in [9.17, 15) is 5.11 Å². The Morgan fingerprint density at radius 2 is 1.86 bits per heavy atom. The van der Waals surface area contributed by atoms with Crippen LogP contribution in [0.4, 0.5) is 0 Å². The van der Waals surface area contributed by atoms with Crippen LogP contribution in [0.1, 0.15) is 37.7 Å². The molecule has 0 amide bonds. The molecule has 0 saturated carbocycles. The predicted octanol–water partition coefficient (Wildman–Crippen LogP) is 2.56. The first-order valence-corrected chi connectivity index (χ1v) is 5.02. The minimum absolute atomic E-state index is 0.162. The number of rotatable bonds is 2. The Morgan fingerprint density at radius 3 is 2.36 bits per heavy atom. The van der Waals surface area contributed by atoms with E-state index in [-0.39, 0.29) is 5.92 Å². The number of hydrogen-bond donors (Lipinski definition) is 1. The van der Waals surface area contributed by atoms with Crippen LogP contribution in [0.3, 0.4) is 0 Å². The average molecular weight is 193 g/mol. The maximum Gasteiger partial charge on any atom is 0.106 e. The Morgan fingerprint density at radius 1 is 1.29 bits per heavy atom. The van der Waals surface area contributed by atoms with Crippen molar-refractivity contribution in [1.82, 2.24) is 4.98 Å². The van der Waals surface area contributed by atoms with Crippen molar-refractivity contribution < 1.29 is 5.11 Å². The molecule has 78 valence electrons. The zero-order chi connectivity index (χ0) is 10.9. The van der Waals surface area contributed by atoms with E-state index in [4.69, 9.17) is 0 Å². The van der Waals surface area contributed by atoms with Crippen molar-refractivity contribution in [2.45, 2.75) is 40.2 Å². The fourth-order valence-corrected chi connectivity index (χ4v) is 1.41. The summed E-state index contributed by atoms with van der Waals surface area (Å²) in [7, 11) is 0. The van der Waals surface area contributed by atoms with Crippen LogP contribution < -0.4 is 0 Å². The van der Waals surface area contributed by atoms with Crippen molar-refractivity contribution in [3.8, 4) is 0 Å². The largest absolute Gasteiger partial charge is 0.384 e. The van der Waals surface area contributed by atoms with Gasteiger partial charge in [-0.3, -0.25) is 4.98 Å². The quantitative estimate of drug-likeness (QED) is 0.783. The van der Waals surface area contributed by atoms with E-state index in [2.05, 4.69) is 4.98 Å². The molecule has 0 aliphatic carbocycles. The summed E-state index contributed by atoms with van der Waals surface area (Å²) < 4.78 is 0. The molecule has 1 rings (SSSR count). The maximum absolute atomic E-state index is 10.3. The van der Waals surface area contributed by atoms with Crippen molar-refractivity contribution in [1.29, 1.82) is 0 Å². The maximum atomic E-state index is 10.3. The van der Waals surface area contributed by atoms with Gasteiger partial charge in [-0.15, -0.1) is 0 Å². The van der Waals surface area contributed by atoms with Crippen LogP contribution in [0.25, 0.3) is 0 Å². The number of aromatic nitrogens is 1. The van der Waals surface area contributed by atoms with Crippen LogP contribution in [-0.4, -0.2) is 10.1 Å². The van der Waals surface area contributed by atoms with E-state index in [0.717, 1.165) is 17.0 Å². The highest BCUT2D eigenvalue weighted by Gasteiger charge is 2.30. The Bertz CT molecular complexity index is 329. The van der Waals surface area contributed by atoms with Gasteiger partial charge in [0.2, 0.25) is 0 Å². The zero-order valence-electron chi connectivity index (χ0n) is 9.63. The molecule has 0 aliphatic heterocycles. The Balaban J connectivity index is 3.24. The van der Waals surface area contributed by atoms with Gasteiger partial charge >= 0.3 is 0 Å². The molecule has 2 heteroatoms. The van der Waals surface area contributed by atoms with E-state index < -0.39 is 5.60 Å². The zero-order valence-corrected chi connectivity index (χ0v) is 9.63. The topological polar surface area (TPSA) is 33.1 Å². The molecule has 0 radical (unpaired) electrons. The summed E-state index contributed by atoms with van der Waals surface area (Å²) in [5, 5.41) is 10.3. The lowest BCUT2D eigenvalue weighted by molar-refractivity contribution is 0.00413. The minimum atomic E-state index is -0.837. The van der Waals surface area contributed by atoms with Crippen molar-refractivity contribution in [3.05, 3.63) is 29.1 Å². The molecule has 0 aliphatic rings. The molecule has 1 N–H and O–H groups in total. The van der Waals surface area contributed by atoms with Crippen LogP contribution in [0.15, 0.2) is 12.1 Å². The third kappa shape index (κ3) is 1.95. The summed E-state index contributed by atoms with van der Waals surface area (Å²) in [6, 6.07) is 3.98. The van der Waals surface area contributed by atoms with E-state index in [1.54, 1.807) is 0 Å². The van der Waals surface area contributed by atoms with Gasteiger partial charge in [0.15, 0.2) is 0 Å². The molecule has 1 heterocycles. The molecule has 0 fully saturated rings. The number of hydrogen-bond acceptors (Lipinski definition) is 2. The lowest BCUT2D eigenvalue weighted by Gasteiger charge is -2.28. The third-order valence-corrected chi connectivity index (χ3v) is 2.84. The summed E-state index contributed by atoms with van der Waals surface area (Å²) in [5.41, 5.74) is 1.96. The van der Waals surface area contributed by atoms with Crippen LogP contribution >= 0.6 is 0 Å². The van der Waals surface area contributed by atoms with Crippen molar-refractivity contribution in [2.24, 2.45) is 5.92 Å². The first-order valence-electron chi connectivity index (χ1n) is 5.02. The van der Waals surface area contributed by atoms with Gasteiger partial charge in [0.05, 0.1) is 5.69 Å². The second-order valence-corrected chi connectivity index (χ2v) is 4.42. The molecule has 0 aromatic carbocycles. The number of aryl methyl sites for hydroxylation is 2. The van der Waals surface area contributed by atoms with Gasteiger partial charge in [-0.2, -0.15) is 0 Å². The lowest BCUT2D eigenvalue weighted by Crippen LogP contribution is -2.30. The highest BCUT2D eigenvalue weighted by molar-refractivity contribution is 5.26.